The minimum absolute atomic E-state index is 0.660. The highest BCUT2D eigenvalue weighted by atomic mass is 14.9. The van der Waals surface area contributed by atoms with Gasteiger partial charge in [-0.2, -0.15) is 0 Å². The normalized spacial score (nSPS) is 11.2. The van der Waals surface area contributed by atoms with E-state index < -0.39 is 0 Å². The van der Waals surface area contributed by atoms with Crippen molar-refractivity contribution in [3.8, 4) is 101 Å². The van der Waals surface area contributed by atoms with E-state index in [1.165, 1.54) is 50.1 Å². The highest BCUT2D eigenvalue weighted by Crippen LogP contribution is 2.50. The molecule has 0 aliphatic carbocycles. The Balaban J connectivity index is 1.08. The fourth-order valence-electron chi connectivity index (χ4n) is 8.88. The third kappa shape index (κ3) is 8.52. The SMILES string of the molecule is C=C/C=C(\C=C)c1cc(-c2cccc(-c3ccc(-c4cccc(-c5cc(-c6ccccc6)c(-c6ccccc6)c(-c6ccccc6)c5-c5ccccc5)c4)cc3)c2)nc(-c2ccccc2)n1. The standard InChI is InChI=1S/C64H46N2/c1-3-22-45(4-2)59-44-60(66-64(65-59)52-31-18-9-19-32-52)56-36-21-34-54(42-56)47-39-37-46(38-40-47)53-33-20-35-55(41-53)58-43-57(48-23-10-5-11-24-48)61(49-25-12-6-13-26-49)63(51-29-16-8-17-30-51)62(58)50-27-14-7-15-28-50/h3-44H,1-2H2/b45-22+. The van der Waals surface area contributed by atoms with Gasteiger partial charge in [-0.15, -0.1) is 0 Å². The number of nitrogens with zero attached hydrogens (tertiary/aromatic N) is 2. The average Bonchev–Trinajstić information content (AvgIpc) is 3.41. The maximum absolute atomic E-state index is 5.06. The van der Waals surface area contributed by atoms with E-state index in [1.807, 2.05) is 48.6 Å². The number of hydrogen-bond donors (Lipinski definition) is 0. The molecule has 0 unspecified atom stereocenters. The van der Waals surface area contributed by atoms with Crippen LogP contribution in [0.3, 0.4) is 0 Å². The Bertz CT molecular complexity index is 3340. The summed E-state index contributed by atoms with van der Waals surface area (Å²) in [5.41, 5.74) is 20.8. The molecule has 1 heterocycles. The van der Waals surface area contributed by atoms with Crippen molar-refractivity contribution < 1.29 is 0 Å². The van der Waals surface area contributed by atoms with Crippen LogP contribution in [0.1, 0.15) is 5.69 Å². The van der Waals surface area contributed by atoms with Crippen molar-refractivity contribution in [2.24, 2.45) is 0 Å². The van der Waals surface area contributed by atoms with Crippen LogP contribution in [0, 0.1) is 0 Å². The lowest BCUT2D eigenvalue weighted by atomic mass is 9.78. The molecule has 0 aliphatic rings. The molecule has 0 bridgehead atoms. The smallest absolute Gasteiger partial charge is 0.160 e. The van der Waals surface area contributed by atoms with Crippen LogP contribution in [0.5, 0.6) is 0 Å². The van der Waals surface area contributed by atoms with Gasteiger partial charge < -0.3 is 0 Å². The molecule has 0 amide bonds. The monoisotopic (exact) mass is 842 g/mol. The highest BCUT2D eigenvalue weighted by Gasteiger charge is 2.24. The predicted molar refractivity (Wildman–Crippen MR) is 279 cm³/mol. The van der Waals surface area contributed by atoms with Crippen molar-refractivity contribution in [1.82, 2.24) is 9.97 Å². The van der Waals surface area contributed by atoms with E-state index in [2.05, 4.69) is 213 Å². The summed E-state index contributed by atoms with van der Waals surface area (Å²) >= 11 is 0. The number of aromatic nitrogens is 2. The van der Waals surface area contributed by atoms with Gasteiger partial charge in [-0.05, 0) is 108 Å². The van der Waals surface area contributed by atoms with Crippen LogP contribution in [-0.2, 0) is 0 Å². The van der Waals surface area contributed by atoms with Crippen molar-refractivity contribution in [1.29, 1.82) is 0 Å². The third-order valence-corrected chi connectivity index (χ3v) is 12.1. The van der Waals surface area contributed by atoms with Crippen LogP contribution in [0.2, 0.25) is 0 Å². The maximum atomic E-state index is 5.06. The second-order valence-corrected chi connectivity index (χ2v) is 16.2. The van der Waals surface area contributed by atoms with E-state index in [9.17, 15) is 0 Å². The first-order chi connectivity index (χ1) is 32.6. The molecule has 0 saturated heterocycles. The molecule has 66 heavy (non-hydrogen) atoms. The Morgan fingerprint density at radius 3 is 1.23 bits per heavy atom. The molecule has 0 aliphatic heterocycles. The Kier molecular flexibility index (Phi) is 11.9. The summed E-state index contributed by atoms with van der Waals surface area (Å²) in [5, 5.41) is 0. The molecule has 2 heteroatoms. The topological polar surface area (TPSA) is 25.8 Å². The van der Waals surface area contributed by atoms with Crippen LogP contribution in [0.25, 0.3) is 106 Å². The van der Waals surface area contributed by atoms with Crippen molar-refractivity contribution in [2.45, 2.75) is 0 Å². The third-order valence-electron chi connectivity index (χ3n) is 12.1. The van der Waals surface area contributed by atoms with Gasteiger partial charge in [-0.3, -0.25) is 0 Å². The molecule has 0 radical (unpaired) electrons. The molecule has 0 saturated carbocycles. The molecule has 10 rings (SSSR count). The molecule has 1 aromatic heterocycles. The van der Waals surface area contributed by atoms with Gasteiger partial charge in [0.2, 0.25) is 0 Å². The molecule has 10 aromatic rings. The zero-order chi connectivity index (χ0) is 44.7. The summed E-state index contributed by atoms with van der Waals surface area (Å²) in [6.07, 6.45) is 5.50. The minimum atomic E-state index is 0.660. The van der Waals surface area contributed by atoms with Crippen LogP contribution in [0.15, 0.2) is 268 Å². The molecule has 312 valence electrons. The second kappa shape index (κ2) is 18.9. The first-order valence-electron chi connectivity index (χ1n) is 22.3. The molecule has 9 aromatic carbocycles. The van der Waals surface area contributed by atoms with E-state index in [-0.39, 0.29) is 0 Å². The maximum Gasteiger partial charge on any atom is 0.160 e. The van der Waals surface area contributed by atoms with Gasteiger partial charge in [0.25, 0.3) is 0 Å². The number of rotatable bonds is 12. The van der Waals surface area contributed by atoms with Gasteiger partial charge in [-0.25, -0.2) is 9.97 Å². The predicted octanol–water partition coefficient (Wildman–Crippen LogP) is 17.2. The van der Waals surface area contributed by atoms with Crippen molar-refractivity contribution in [3.63, 3.8) is 0 Å². The number of hydrogen-bond acceptors (Lipinski definition) is 2. The lowest BCUT2D eigenvalue weighted by Crippen LogP contribution is -1.98. The zero-order valence-electron chi connectivity index (χ0n) is 36.6. The summed E-state index contributed by atoms with van der Waals surface area (Å²) < 4.78 is 0. The van der Waals surface area contributed by atoms with E-state index >= 15 is 0 Å². The minimum Gasteiger partial charge on any atom is -0.228 e. The van der Waals surface area contributed by atoms with Gasteiger partial charge >= 0.3 is 0 Å². The van der Waals surface area contributed by atoms with Gasteiger partial charge in [-0.1, -0.05) is 244 Å². The van der Waals surface area contributed by atoms with Gasteiger partial charge in [0.05, 0.1) is 11.4 Å². The van der Waals surface area contributed by atoms with E-state index in [1.54, 1.807) is 6.08 Å². The quantitative estimate of drug-likeness (QED) is 0.115. The fraction of sp³-hybridized carbons (Fsp3) is 0. The van der Waals surface area contributed by atoms with Crippen LogP contribution < -0.4 is 0 Å². The molecule has 0 atom stereocenters. The fourth-order valence-corrected chi connectivity index (χ4v) is 8.88. The Labute approximate surface area is 388 Å². The number of benzene rings is 9. The molecule has 2 nitrogen and oxygen atoms in total. The first-order valence-corrected chi connectivity index (χ1v) is 22.3. The summed E-state index contributed by atoms with van der Waals surface area (Å²) in [5.74, 6) is 0.660. The van der Waals surface area contributed by atoms with Gasteiger partial charge in [0.15, 0.2) is 5.82 Å². The van der Waals surface area contributed by atoms with Crippen LogP contribution in [0.4, 0.5) is 0 Å². The van der Waals surface area contributed by atoms with Gasteiger partial charge in [0, 0.05) is 11.1 Å². The van der Waals surface area contributed by atoms with Gasteiger partial charge in [0.1, 0.15) is 0 Å². The molecular formula is C64H46N2. The molecule has 0 fully saturated rings. The highest BCUT2D eigenvalue weighted by molar-refractivity contribution is 6.07. The van der Waals surface area contributed by atoms with E-state index in [0.29, 0.717) is 5.82 Å². The van der Waals surface area contributed by atoms with E-state index in [0.717, 1.165) is 55.9 Å². The lowest BCUT2D eigenvalue weighted by Gasteiger charge is -2.24. The molecular weight excluding hydrogens is 797 g/mol. The number of allylic oxidation sites excluding steroid dienone is 4. The Hall–Kier alpha value is -8.72. The second-order valence-electron chi connectivity index (χ2n) is 16.2. The Morgan fingerprint density at radius 2 is 0.727 bits per heavy atom. The Morgan fingerprint density at radius 1 is 0.318 bits per heavy atom. The molecule has 0 N–H and O–H groups in total. The lowest BCUT2D eigenvalue weighted by molar-refractivity contribution is 1.16. The summed E-state index contributed by atoms with van der Waals surface area (Å²) in [7, 11) is 0. The summed E-state index contributed by atoms with van der Waals surface area (Å²) in [6.45, 7) is 7.96. The van der Waals surface area contributed by atoms with Crippen molar-refractivity contribution in [3.05, 3.63) is 274 Å². The van der Waals surface area contributed by atoms with E-state index in [4.69, 9.17) is 9.97 Å². The van der Waals surface area contributed by atoms with Crippen LogP contribution in [-0.4, -0.2) is 9.97 Å². The average molecular weight is 843 g/mol. The van der Waals surface area contributed by atoms with Crippen LogP contribution >= 0.6 is 0 Å². The first kappa shape index (κ1) is 41.3. The zero-order valence-corrected chi connectivity index (χ0v) is 36.6. The summed E-state index contributed by atoms with van der Waals surface area (Å²) in [6, 6.07) is 84.4. The summed E-state index contributed by atoms with van der Waals surface area (Å²) in [4.78, 5) is 10.0. The molecule has 0 spiro atoms. The largest absolute Gasteiger partial charge is 0.228 e. The van der Waals surface area contributed by atoms with Crippen molar-refractivity contribution >= 4 is 5.57 Å². The van der Waals surface area contributed by atoms with Crippen molar-refractivity contribution in [2.75, 3.05) is 0 Å².